The molecule has 0 aliphatic heterocycles. The molecule has 0 aliphatic carbocycles. The summed E-state index contributed by atoms with van der Waals surface area (Å²) >= 11 is 3.73. The Morgan fingerprint density at radius 1 is 1.21 bits per heavy atom. The van der Waals surface area contributed by atoms with Gasteiger partial charge in [-0.2, -0.15) is 0 Å². The van der Waals surface area contributed by atoms with Gasteiger partial charge in [0.1, 0.15) is 0 Å². The first-order chi connectivity index (χ1) is 9.02. The number of thiol groups is 1. The van der Waals surface area contributed by atoms with Crippen molar-refractivity contribution in [2.75, 3.05) is 13.1 Å². The molecule has 0 spiro atoms. The van der Waals surface area contributed by atoms with Crippen LogP contribution in [0.15, 0.2) is 0 Å². The molecule has 0 radical (unpaired) electrons. The summed E-state index contributed by atoms with van der Waals surface area (Å²) in [6.45, 7) is 7.52. The zero-order chi connectivity index (χ0) is 14.7. The molecule has 0 saturated carbocycles. The van der Waals surface area contributed by atoms with Gasteiger partial charge in [0.05, 0.1) is 0 Å². The Kier molecular flexibility index (Phi) is 10.7. The van der Waals surface area contributed by atoms with Crippen LogP contribution < -0.4 is 5.32 Å². The van der Waals surface area contributed by atoms with E-state index in [-0.39, 0.29) is 6.03 Å². The van der Waals surface area contributed by atoms with E-state index in [1.165, 1.54) is 17.7 Å². The molecule has 1 unspecified atom stereocenters. The van der Waals surface area contributed by atoms with Gasteiger partial charge in [-0.25, -0.2) is 4.79 Å². The normalized spacial score (nSPS) is 12.0. The first-order valence-corrected chi connectivity index (χ1v) is 7.75. The van der Waals surface area contributed by atoms with Crippen molar-refractivity contribution in [3.8, 4) is 0 Å². The molecule has 0 fully saturated rings. The standard InChI is InChI=1S/C14H28N2O2S/c1-4-6-11-16(14(18)19)13(17)15-10-8-7-9-12(3)5-2/h12H,4-11H2,1-3H3,(H,15,17)(H,18,19). The average molecular weight is 288 g/mol. The first kappa shape index (κ1) is 18.3. The molecule has 0 rings (SSSR count). The third-order valence-electron chi connectivity index (χ3n) is 3.31. The molecule has 4 nitrogen and oxygen atoms in total. The summed E-state index contributed by atoms with van der Waals surface area (Å²) in [5, 5.41) is 2.30. The average Bonchev–Trinajstić information content (AvgIpc) is 2.38. The quantitative estimate of drug-likeness (QED) is 0.496. The van der Waals surface area contributed by atoms with Crippen molar-refractivity contribution >= 4 is 23.9 Å². The largest absolute Gasteiger partial charge is 0.338 e. The van der Waals surface area contributed by atoms with Gasteiger partial charge in [-0.05, 0) is 18.8 Å². The zero-order valence-corrected chi connectivity index (χ0v) is 13.3. The van der Waals surface area contributed by atoms with Crippen molar-refractivity contribution in [3.63, 3.8) is 0 Å². The number of imide groups is 1. The maximum atomic E-state index is 11.8. The minimum atomic E-state index is -0.481. The lowest BCUT2D eigenvalue weighted by Gasteiger charge is -2.18. The van der Waals surface area contributed by atoms with E-state index < -0.39 is 5.24 Å². The molecule has 1 N–H and O–H groups in total. The maximum Gasteiger partial charge on any atom is 0.324 e. The molecule has 5 heteroatoms. The van der Waals surface area contributed by atoms with Gasteiger partial charge in [0, 0.05) is 13.1 Å². The molecule has 0 aromatic carbocycles. The highest BCUT2D eigenvalue weighted by atomic mass is 32.1. The third kappa shape index (κ3) is 8.92. The van der Waals surface area contributed by atoms with E-state index in [0.29, 0.717) is 13.1 Å². The second kappa shape index (κ2) is 11.1. The molecule has 112 valence electrons. The Labute approximate surface area is 122 Å². The van der Waals surface area contributed by atoms with E-state index in [9.17, 15) is 9.59 Å². The van der Waals surface area contributed by atoms with Gasteiger partial charge in [-0.3, -0.25) is 9.69 Å². The predicted octanol–water partition coefficient (Wildman–Crippen LogP) is 4.06. The fourth-order valence-electron chi connectivity index (χ4n) is 1.71. The first-order valence-electron chi connectivity index (χ1n) is 7.31. The van der Waals surface area contributed by atoms with Crippen molar-refractivity contribution in [2.24, 2.45) is 5.92 Å². The molecule has 0 aliphatic rings. The van der Waals surface area contributed by atoms with Crippen LogP contribution in [0.25, 0.3) is 0 Å². The van der Waals surface area contributed by atoms with Crippen LogP contribution in [0.2, 0.25) is 0 Å². The number of hydrogen-bond acceptors (Lipinski definition) is 2. The second-order valence-corrected chi connectivity index (χ2v) is 5.41. The number of unbranched alkanes of at least 4 members (excludes halogenated alkanes) is 2. The summed E-state index contributed by atoms with van der Waals surface area (Å²) in [6.07, 6.45) is 6.22. The summed E-state index contributed by atoms with van der Waals surface area (Å²) in [7, 11) is 0. The lowest BCUT2D eigenvalue weighted by atomic mass is 10.0. The van der Waals surface area contributed by atoms with Gasteiger partial charge in [0.2, 0.25) is 0 Å². The Morgan fingerprint density at radius 2 is 1.89 bits per heavy atom. The molecule has 19 heavy (non-hydrogen) atoms. The third-order valence-corrected chi connectivity index (χ3v) is 3.55. The Morgan fingerprint density at radius 3 is 2.42 bits per heavy atom. The summed E-state index contributed by atoms with van der Waals surface area (Å²) in [5.74, 6) is 0.746. The number of urea groups is 1. The molecule has 0 aromatic heterocycles. The van der Waals surface area contributed by atoms with Crippen LogP contribution in [0.5, 0.6) is 0 Å². The summed E-state index contributed by atoms with van der Waals surface area (Å²) in [4.78, 5) is 24.2. The van der Waals surface area contributed by atoms with Gasteiger partial charge in [0.15, 0.2) is 0 Å². The summed E-state index contributed by atoms with van der Waals surface area (Å²) in [6, 6.07) is -0.322. The highest BCUT2D eigenvalue weighted by Crippen LogP contribution is 2.10. The second-order valence-electron chi connectivity index (χ2n) is 5.03. The Balaban J connectivity index is 3.84. The fraction of sp³-hybridized carbons (Fsp3) is 0.857. The van der Waals surface area contributed by atoms with Gasteiger partial charge >= 0.3 is 6.03 Å². The minimum Gasteiger partial charge on any atom is -0.338 e. The zero-order valence-electron chi connectivity index (χ0n) is 12.4. The molecule has 1 atom stereocenters. The molecule has 0 saturated heterocycles. The predicted molar refractivity (Wildman–Crippen MR) is 82.7 cm³/mol. The molecule has 0 aromatic rings. The monoisotopic (exact) mass is 288 g/mol. The van der Waals surface area contributed by atoms with E-state index in [2.05, 4.69) is 31.8 Å². The van der Waals surface area contributed by atoms with Gasteiger partial charge < -0.3 is 5.32 Å². The molecular weight excluding hydrogens is 260 g/mol. The molecular formula is C14H28N2O2S. The van der Waals surface area contributed by atoms with Crippen LogP contribution in [0.3, 0.4) is 0 Å². The minimum absolute atomic E-state index is 0.322. The van der Waals surface area contributed by atoms with Crippen molar-refractivity contribution in [1.29, 1.82) is 0 Å². The number of hydrogen-bond donors (Lipinski definition) is 2. The van der Waals surface area contributed by atoms with Gasteiger partial charge in [-0.15, -0.1) is 0 Å². The van der Waals surface area contributed by atoms with Gasteiger partial charge in [-0.1, -0.05) is 59.1 Å². The molecule has 0 heterocycles. The highest BCUT2D eigenvalue weighted by Gasteiger charge is 2.17. The lowest BCUT2D eigenvalue weighted by molar-refractivity contribution is 0.198. The maximum absolute atomic E-state index is 11.8. The van der Waals surface area contributed by atoms with E-state index in [1.807, 2.05) is 6.92 Å². The van der Waals surface area contributed by atoms with Crippen LogP contribution in [0, 0.1) is 5.92 Å². The van der Waals surface area contributed by atoms with E-state index in [0.717, 1.165) is 31.6 Å². The van der Waals surface area contributed by atoms with Crippen molar-refractivity contribution < 1.29 is 9.59 Å². The van der Waals surface area contributed by atoms with E-state index >= 15 is 0 Å². The van der Waals surface area contributed by atoms with E-state index in [4.69, 9.17) is 0 Å². The van der Waals surface area contributed by atoms with Crippen LogP contribution in [0.1, 0.15) is 59.3 Å². The lowest BCUT2D eigenvalue weighted by Crippen LogP contribution is -2.42. The summed E-state index contributed by atoms with van der Waals surface area (Å²) < 4.78 is 0. The van der Waals surface area contributed by atoms with Gasteiger partial charge in [0.25, 0.3) is 5.24 Å². The number of carbonyl (C=O) groups is 2. The van der Waals surface area contributed by atoms with Crippen LogP contribution in [0.4, 0.5) is 9.59 Å². The van der Waals surface area contributed by atoms with E-state index in [1.54, 1.807) is 0 Å². The van der Waals surface area contributed by atoms with Crippen molar-refractivity contribution in [1.82, 2.24) is 10.2 Å². The van der Waals surface area contributed by atoms with Crippen LogP contribution in [-0.4, -0.2) is 29.3 Å². The number of rotatable bonds is 9. The number of nitrogens with one attached hydrogen (secondary N) is 1. The molecule has 0 bridgehead atoms. The number of amides is 3. The number of carbonyl (C=O) groups excluding carboxylic acids is 2. The SMILES string of the molecule is CCCCN(C(=O)S)C(=O)NCCCCC(C)CC. The van der Waals surface area contributed by atoms with Crippen molar-refractivity contribution in [3.05, 3.63) is 0 Å². The topological polar surface area (TPSA) is 49.4 Å². The van der Waals surface area contributed by atoms with Crippen molar-refractivity contribution in [2.45, 2.75) is 59.3 Å². The Bertz CT molecular complexity index is 272. The Hall–Kier alpha value is -0.710. The smallest absolute Gasteiger partial charge is 0.324 e. The van der Waals surface area contributed by atoms with Crippen LogP contribution in [-0.2, 0) is 0 Å². The highest BCUT2D eigenvalue weighted by molar-refractivity contribution is 7.96. The van der Waals surface area contributed by atoms with Crippen LogP contribution >= 0.6 is 12.6 Å². The fourth-order valence-corrected chi connectivity index (χ4v) is 1.90. The number of nitrogens with zero attached hydrogens (tertiary/aromatic N) is 1. The molecule has 3 amide bonds. The summed E-state index contributed by atoms with van der Waals surface area (Å²) in [5.41, 5.74) is 0.